The molecule has 30 heavy (non-hydrogen) atoms. The van der Waals surface area contributed by atoms with Crippen molar-refractivity contribution in [1.82, 2.24) is 9.97 Å². The number of aryl methyl sites for hydroxylation is 2. The Morgan fingerprint density at radius 1 is 1.07 bits per heavy atom. The molecule has 0 unspecified atom stereocenters. The molecule has 4 aromatic rings. The summed E-state index contributed by atoms with van der Waals surface area (Å²) in [6, 6.07) is 20.0. The van der Waals surface area contributed by atoms with Gasteiger partial charge < -0.3 is 9.72 Å². The Morgan fingerprint density at radius 3 is 2.47 bits per heavy atom. The van der Waals surface area contributed by atoms with Crippen LogP contribution in [-0.2, 0) is 6.61 Å². The first-order chi connectivity index (χ1) is 14.5. The van der Waals surface area contributed by atoms with Crippen LogP contribution in [0.5, 0.6) is 5.75 Å². The fraction of sp³-hybridized carbons (Fsp3) is 0.120. The van der Waals surface area contributed by atoms with Gasteiger partial charge in [0, 0.05) is 0 Å². The molecule has 4 nitrogen and oxygen atoms in total. The lowest BCUT2D eigenvalue weighted by Crippen LogP contribution is -1.95. The number of imidazole rings is 1. The molecule has 0 fully saturated rings. The Balaban J connectivity index is 1.51. The number of aromatic amines is 1. The van der Waals surface area contributed by atoms with E-state index in [1.165, 1.54) is 23.3 Å². The summed E-state index contributed by atoms with van der Waals surface area (Å²) < 4.78 is 18.7. The van der Waals surface area contributed by atoms with Gasteiger partial charge in [-0.15, -0.1) is 0 Å². The van der Waals surface area contributed by atoms with Crippen molar-refractivity contribution in [1.29, 1.82) is 5.26 Å². The Labute approximate surface area is 174 Å². The SMILES string of the molecule is Cc1cc2nc(C(C#N)=Cc3ccc(OCc4ccc(F)cc4)cc3)[nH]c2cc1C. The number of aromatic nitrogens is 2. The third-order valence-electron chi connectivity index (χ3n) is 4.98. The highest BCUT2D eigenvalue weighted by molar-refractivity contribution is 5.90. The molecule has 1 aromatic heterocycles. The van der Waals surface area contributed by atoms with Gasteiger partial charge in [-0.25, -0.2) is 9.37 Å². The van der Waals surface area contributed by atoms with Gasteiger partial charge >= 0.3 is 0 Å². The van der Waals surface area contributed by atoms with Crippen LogP contribution in [0.15, 0.2) is 60.7 Å². The molecule has 1 N–H and O–H groups in total. The molecular formula is C25H20FN3O. The minimum absolute atomic E-state index is 0.266. The van der Waals surface area contributed by atoms with E-state index in [0.29, 0.717) is 23.8 Å². The number of hydrogen-bond donors (Lipinski definition) is 1. The monoisotopic (exact) mass is 397 g/mol. The highest BCUT2D eigenvalue weighted by Crippen LogP contribution is 2.23. The van der Waals surface area contributed by atoms with Crippen molar-refractivity contribution in [2.75, 3.05) is 0 Å². The van der Waals surface area contributed by atoms with Crippen LogP contribution in [0, 0.1) is 31.0 Å². The Kier molecular flexibility index (Phi) is 5.32. The molecule has 0 radical (unpaired) electrons. The molecule has 5 heteroatoms. The number of benzene rings is 3. The van der Waals surface area contributed by atoms with Crippen LogP contribution in [0.4, 0.5) is 4.39 Å². The zero-order chi connectivity index (χ0) is 21.1. The van der Waals surface area contributed by atoms with Crippen molar-refractivity contribution >= 4 is 22.7 Å². The molecule has 0 aliphatic rings. The normalized spacial score (nSPS) is 11.5. The molecular weight excluding hydrogens is 377 g/mol. The smallest absolute Gasteiger partial charge is 0.149 e. The maximum absolute atomic E-state index is 13.0. The molecule has 0 saturated carbocycles. The van der Waals surface area contributed by atoms with Gasteiger partial charge in [-0.3, -0.25) is 0 Å². The van der Waals surface area contributed by atoms with Gasteiger partial charge in [0.15, 0.2) is 0 Å². The van der Waals surface area contributed by atoms with Gasteiger partial charge in [-0.2, -0.15) is 5.26 Å². The van der Waals surface area contributed by atoms with Gasteiger partial charge in [-0.05, 0) is 78.6 Å². The van der Waals surface area contributed by atoms with Gasteiger partial charge in [-0.1, -0.05) is 24.3 Å². The minimum atomic E-state index is -0.266. The van der Waals surface area contributed by atoms with Crippen LogP contribution < -0.4 is 4.74 Å². The Hall–Kier alpha value is -3.91. The lowest BCUT2D eigenvalue weighted by molar-refractivity contribution is 0.306. The molecule has 0 aliphatic heterocycles. The van der Waals surface area contributed by atoms with Crippen molar-refractivity contribution in [3.63, 3.8) is 0 Å². The number of hydrogen-bond acceptors (Lipinski definition) is 3. The molecule has 0 amide bonds. The van der Waals surface area contributed by atoms with Crippen LogP contribution in [0.25, 0.3) is 22.7 Å². The van der Waals surface area contributed by atoms with Crippen molar-refractivity contribution in [3.05, 3.63) is 94.6 Å². The van der Waals surface area contributed by atoms with E-state index in [0.717, 1.165) is 22.2 Å². The fourth-order valence-corrected chi connectivity index (χ4v) is 3.12. The van der Waals surface area contributed by atoms with Gasteiger partial charge in [0.1, 0.15) is 30.1 Å². The number of halogens is 1. The van der Waals surface area contributed by atoms with E-state index in [1.54, 1.807) is 18.2 Å². The quantitative estimate of drug-likeness (QED) is 0.423. The Bertz CT molecular complexity index is 1220. The second-order valence-corrected chi connectivity index (χ2v) is 7.19. The van der Waals surface area contributed by atoms with Crippen LogP contribution in [0.1, 0.15) is 28.1 Å². The first-order valence-electron chi connectivity index (χ1n) is 9.58. The summed E-state index contributed by atoms with van der Waals surface area (Å²) in [7, 11) is 0. The second-order valence-electron chi connectivity index (χ2n) is 7.19. The van der Waals surface area contributed by atoms with Gasteiger partial charge in [0.25, 0.3) is 0 Å². The van der Waals surface area contributed by atoms with Crippen molar-refractivity contribution in [3.8, 4) is 11.8 Å². The van der Waals surface area contributed by atoms with E-state index < -0.39 is 0 Å². The second kappa shape index (κ2) is 8.22. The van der Waals surface area contributed by atoms with E-state index in [1.807, 2.05) is 43.3 Å². The van der Waals surface area contributed by atoms with E-state index in [2.05, 4.69) is 23.0 Å². The van der Waals surface area contributed by atoms with Crippen LogP contribution in [-0.4, -0.2) is 9.97 Å². The number of H-pyrrole nitrogens is 1. The minimum Gasteiger partial charge on any atom is -0.489 e. The number of nitrogens with zero attached hydrogens (tertiary/aromatic N) is 2. The molecule has 0 aliphatic carbocycles. The summed E-state index contributed by atoms with van der Waals surface area (Å²) in [6.45, 7) is 4.45. The zero-order valence-corrected chi connectivity index (χ0v) is 16.7. The number of allylic oxidation sites excluding steroid dienone is 1. The lowest BCUT2D eigenvalue weighted by atomic mass is 10.1. The summed E-state index contributed by atoms with van der Waals surface area (Å²) in [5.74, 6) is 0.983. The molecule has 0 spiro atoms. The summed E-state index contributed by atoms with van der Waals surface area (Å²) in [6.07, 6.45) is 1.79. The van der Waals surface area contributed by atoms with Crippen molar-refractivity contribution in [2.45, 2.75) is 20.5 Å². The first-order valence-corrected chi connectivity index (χ1v) is 9.58. The van der Waals surface area contributed by atoms with Gasteiger partial charge in [0.05, 0.1) is 16.6 Å². The average molecular weight is 397 g/mol. The predicted octanol–water partition coefficient (Wildman–Crippen LogP) is 5.96. The average Bonchev–Trinajstić information content (AvgIpc) is 3.15. The number of rotatable bonds is 5. The zero-order valence-electron chi connectivity index (χ0n) is 16.7. The largest absolute Gasteiger partial charge is 0.489 e. The van der Waals surface area contributed by atoms with E-state index in [4.69, 9.17) is 4.74 Å². The highest BCUT2D eigenvalue weighted by atomic mass is 19.1. The van der Waals surface area contributed by atoms with Gasteiger partial charge in [0.2, 0.25) is 0 Å². The van der Waals surface area contributed by atoms with Crippen molar-refractivity contribution < 1.29 is 9.13 Å². The standard InChI is InChI=1S/C25H20FN3O/c1-16-11-23-24(12-17(16)2)29-25(28-23)20(14-27)13-18-5-9-22(10-6-18)30-15-19-3-7-21(26)8-4-19/h3-13H,15H2,1-2H3,(H,28,29). The molecule has 0 atom stereocenters. The topological polar surface area (TPSA) is 61.7 Å². The summed E-state index contributed by atoms with van der Waals surface area (Å²) in [5.41, 5.74) is 6.32. The Morgan fingerprint density at radius 2 is 1.77 bits per heavy atom. The predicted molar refractivity (Wildman–Crippen MR) is 116 cm³/mol. The summed E-state index contributed by atoms with van der Waals surface area (Å²) in [4.78, 5) is 7.81. The first kappa shape index (κ1) is 19.4. The van der Waals surface area contributed by atoms with E-state index in [-0.39, 0.29) is 5.82 Å². The molecule has 148 valence electrons. The number of nitrogens with one attached hydrogen (secondary N) is 1. The number of fused-ring (bicyclic) bond motifs is 1. The van der Waals surface area contributed by atoms with E-state index >= 15 is 0 Å². The van der Waals surface area contributed by atoms with E-state index in [9.17, 15) is 9.65 Å². The van der Waals surface area contributed by atoms with Crippen LogP contribution >= 0.6 is 0 Å². The van der Waals surface area contributed by atoms with Crippen molar-refractivity contribution in [2.24, 2.45) is 0 Å². The summed E-state index contributed by atoms with van der Waals surface area (Å²) >= 11 is 0. The maximum atomic E-state index is 13.0. The van der Waals surface area contributed by atoms with Crippen LogP contribution in [0.3, 0.4) is 0 Å². The number of ether oxygens (including phenoxy) is 1. The lowest BCUT2D eigenvalue weighted by Gasteiger charge is -2.06. The highest BCUT2D eigenvalue weighted by Gasteiger charge is 2.09. The molecule has 0 bridgehead atoms. The third-order valence-corrected chi connectivity index (χ3v) is 4.98. The summed E-state index contributed by atoms with van der Waals surface area (Å²) in [5, 5.41) is 9.63. The molecule has 3 aromatic carbocycles. The fourth-order valence-electron chi connectivity index (χ4n) is 3.12. The third kappa shape index (κ3) is 4.23. The maximum Gasteiger partial charge on any atom is 0.149 e. The molecule has 4 rings (SSSR count). The molecule has 1 heterocycles. The number of nitriles is 1. The van der Waals surface area contributed by atoms with Crippen LogP contribution in [0.2, 0.25) is 0 Å². The molecule has 0 saturated heterocycles.